The fourth-order valence-corrected chi connectivity index (χ4v) is 6.46. The monoisotopic (exact) mass is 489 g/mol. The molecule has 9 nitrogen and oxygen atoms in total. The van der Waals surface area contributed by atoms with Crippen molar-refractivity contribution in [2.24, 2.45) is 4.99 Å². The first-order valence-corrected chi connectivity index (χ1v) is 12.5. The van der Waals surface area contributed by atoms with Gasteiger partial charge in [0.2, 0.25) is 10.0 Å². The number of esters is 1. The Balaban J connectivity index is 1.69. The van der Waals surface area contributed by atoms with Crippen molar-refractivity contribution in [3.8, 4) is 5.75 Å². The maximum absolute atomic E-state index is 13.2. The summed E-state index contributed by atoms with van der Waals surface area (Å²) < 4.78 is 40.0. The maximum atomic E-state index is 13.2. The Bertz CT molecular complexity index is 1360. The lowest BCUT2D eigenvalue weighted by Crippen LogP contribution is -2.40. The Labute approximate surface area is 194 Å². The molecular formula is C22H23N3O6S2. The van der Waals surface area contributed by atoms with Crippen molar-refractivity contribution >= 4 is 43.5 Å². The third-order valence-electron chi connectivity index (χ3n) is 5.46. The largest absolute Gasteiger partial charge is 0.497 e. The SMILES string of the molecule is COC(=O)Cn1c(=NC(=O)C2CCCN2S(=O)(=O)c2ccc(OC)cc2)sc2ccccc21. The van der Waals surface area contributed by atoms with Crippen LogP contribution < -0.4 is 9.54 Å². The van der Waals surface area contributed by atoms with E-state index in [9.17, 15) is 18.0 Å². The van der Waals surface area contributed by atoms with E-state index in [1.54, 1.807) is 16.7 Å². The van der Waals surface area contributed by atoms with Gasteiger partial charge in [-0.1, -0.05) is 23.5 Å². The molecule has 0 spiro atoms. The highest BCUT2D eigenvalue weighted by Gasteiger charge is 2.39. The van der Waals surface area contributed by atoms with Gasteiger partial charge >= 0.3 is 5.97 Å². The Kier molecular flexibility index (Phi) is 6.63. The van der Waals surface area contributed by atoms with E-state index in [0.29, 0.717) is 23.4 Å². The Hall–Kier alpha value is -3.02. The van der Waals surface area contributed by atoms with Crippen LogP contribution in [0.15, 0.2) is 58.4 Å². The normalized spacial score (nSPS) is 17.4. The first-order valence-electron chi connectivity index (χ1n) is 10.2. The molecule has 1 fully saturated rings. The number of aromatic nitrogens is 1. The van der Waals surface area contributed by atoms with Crippen LogP contribution in [0.25, 0.3) is 10.2 Å². The summed E-state index contributed by atoms with van der Waals surface area (Å²) in [6.45, 7) is 0.125. The van der Waals surface area contributed by atoms with E-state index in [2.05, 4.69) is 4.99 Å². The molecular weight excluding hydrogens is 466 g/mol. The molecule has 174 valence electrons. The molecule has 3 aromatic rings. The molecule has 2 heterocycles. The van der Waals surface area contributed by atoms with Crippen LogP contribution in [0.5, 0.6) is 5.75 Å². The fourth-order valence-electron chi connectivity index (χ4n) is 3.78. The minimum absolute atomic E-state index is 0.0885. The fraction of sp³-hybridized carbons (Fsp3) is 0.318. The summed E-state index contributed by atoms with van der Waals surface area (Å²) in [7, 11) is -1.10. The molecule has 4 rings (SSSR count). The van der Waals surface area contributed by atoms with E-state index in [0.717, 1.165) is 10.2 Å². The molecule has 1 aliphatic heterocycles. The van der Waals surface area contributed by atoms with Gasteiger partial charge in [0.1, 0.15) is 18.3 Å². The van der Waals surface area contributed by atoms with Gasteiger partial charge < -0.3 is 14.0 Å². The van der Waals surface area contributed by atoms with Crippen molar-refractivity contribution in [3.63, 3.8) is 0 Å². The zero-order valence-corrected chi connectivity index (χ0v) is 19.8. The first-order chi connectivity index (χ1) is 15.8. The quantitative estimate of drug-likeness (QED) is 0.491. The Morgan fingerprint density at radius 3 is 2.55 bits per heavy atom. The maximum Gasteiger partial charge on any atom is 0.325 e. The molecule has 2 aromatic carbocycles. The van der Waals surface area contributed by atoms with Gasteiger partial charge in [-0.3, -0.25) is 9.59 Å². The summed E-state index contributed by atoms with van der Waals surface area (Å²) in [4.78, 5) is 29.8. The van der Waals surface area contributed by atoms with Crippen LogP contribution in [0.1, 0.15) is 12.8 Å². The number of carbonyl (C=O) groups is 2. The average Bonchev–Trinajstić information content (AvgIpc) is 3.45. The molecule has 1 saturated heterocycles. The number of methoxy groups -OCH3 is 2. The Morgan fingerprint density at radius 1 is 1.12 bits per heavy atom. The van der Waals surface area contributed by atoms with Crippen molar-refractivity contribution in [2.45, 2.75) is 30.3 Å². The summed E-state index contributed by atoms with van der Waals surface area (Å²) in [6.07, 6.45) is 0.926. The standard InChI is InChI=1S/C22H23N3O6S2/c1-30-15-9-11-16(12-10-15)33(28,29)25-13-5-7-18(25)21(27)23-22-24(14-20(26)31-2)17-6-3-4-8-19(17)32-22/h3-4,6,8-12,18H,5,7,13-14H2,1-2H3. The van der Waals surface area contributed by atoms with Gasteiger partial charge in [0.05, 0.1) is 29.3 Å². The summed E-state index contributed by atoms with van der Waals surface area (Å²) >= 11 is 1.26. The molecule has 33 heavy (non-hydrogen) atoms. The molecule has 1 aliphatic rings. The molecule has 1 aromatic heterocycles. The number of amides is 1. The van der Waals surface area contributed by atoms with E-state index < -0.39 is 27.9 Å². The smallest absolute Gasteiger partial charge is 0.325 e. The van der Waals surface area contributed by atoms with Gasteiger partial charge in [-0.2, -0.15) is 9.30 Å². The summed E-state index contributed by atoms with van der Waals surface area (Å²) in [5.41, 5.74) is 0.744. The van der Waals surface area contributed by atoms with E-state index in [4.69, 9.17) is 9.47 Å². The number of benzene rings is 2. The zero-order valence-electron chi connectivity index (χ0n) is 18.1. The molecule has 1 atom stereocenters. The van der Waals surface area contributed by atoms with Crippen LogP contribution in [0.4, 0.5) is 0 Å². The molecule has 11 heteroatoms. The highest BCUT2D eigenvalue weighted by atomic mass is 32.2. The molecule has 1 unspecified atom stereocenters. The predicted octanol–water partition coefficient (Wildman–Crippen LogP) is 2.17. The van der Waals surface area contributed by atoms with Crippen LogP contribution in [-0.4, -0.2) is 56.0 Å². The molecule has 0 N–H and O–H groups in total. The number of nitrogens with zero attached hydrogens (tertiary/aromatic N) is 3. The number of carbonyl (C=O) groups excluding carboxylic acids is 2. The summed E-state index contributed by atoms with van der Waals surface area (Å²) in [6, 6.07) is 12.5. The van der Waals surface area contributed by atoms with E-state index in [1.165, 1.54) is 42.0 Å². The van der Waals surface area contributed by atoms with Crippen molar-refractivity contribution in [1.82, 2.24) is 8.87 Å². The van der Waals surface area contributed by atoms with E-state index in [-0.39, 0.29) is 18.0 Å². The molecule has 0 radical (unpaired) electrons. The van der Waals surface area contributed by atoms with Gasteiger partial charge in [-0.15, -0.1) is 0 Å². The average molecular weight is 490 g/mol. The minimum Gasteiger partial charge on any atom is -0.497 e. The second kappa shape index (κ2) is 9.46. The van der Waals surface area contributed by atoms with Crippen LogP contribution >= 0.6 is 11.3 Å². The Morgan fingerprint density at radius 2 is 1.85 bits per heavy atom. The van der Waals surface area contributed by atoms with Crippen molar-refractivity contribution in [2.75, 3.05) is 20.8 Å². The number of fused-ring (bicyclic) bond motifs is 1. The molecule has 0 aliphatic carbocycles. The number of rotatable bonds is 6. The van der Waals surface area contributed by atoms with Crippen LogP contribution in [-0.2, 0) is 30.9 Å². The van der Waals surface area contributed by atoms with Crippen LogP contribution in [0, 0.1) is 0 Å². The minimum atomic E-state index is -3.89. The van der Waals surface area contributed by atoms with Gasteiger partial charge in [-0.05, 0) is 49.2 Å². The molecule has 0 saturated carbocycles. The molecule has 1 amide bonds. The van der Waals surface area contributed by atoms with Crippen molar-refractivity contribution in [1.29, 1.82) is 0 Å². The second-order valence-corrected chi connectivity index (χ2v) is 10.3. The third kappa shape index (κ3) is 4.56. The third-order valence-corrected chi connectivity index (χ3v) is 8.45. The summed E-state index contributed by atoms with van der Waals surface area (Å²) in [5.74, 6) is -0.496. The number of sulfonamides is 1. The number of para-hydroxylation sites is 1. The van der Waals surface area contributed by atoms with Crippen LogP contribution in [0.3, 0.4) is 0 Å². The van der Waals surface area contributed by atoms with Crippen molar-refractivity contribution < 1.29 is 27.5 Å². The zero-order chi connectivity index (χ0) is 23.6. The lowest BCUT2D eigenvalue weighted by molar-refractivity contribution is -0.141. The predicted molar refractivity (Wildman–Crippen MR) is 122 cm³/mol. The number of hydrogen-bond donors (Lipinski definition) is 0. The van der Waals surface area contributed by atoms with E-state index >= 15 is 0 Å². The topological polar surface area (TPSA) is 107 Å². The van der Waals surface area contributed by atoms with E-state index in [1.807, 2.05) is 24.3 Å². The van der Waals surface area contributed by atoms with Gasteiger partial charge in [-0.25, -0.2) is 8.42 Å². The number of thiazole rings is 1. The number of ether oxygens (including phenoxy) is 2. The summed E-state index contributed by atoms with van der Waals surface area (Å²) in [5, 5.41) is 0. The lowest BCUT2D eigenvalue weighted by atomic mass is 10.2. The van der Waals surface area contributed by atoms with Crippen LogP contribution in [0.2, 0.25) is 0 Å². The van der Waals surface area contributed by atoms with Gasteiger partial charge in [0.25, 0.3) is 5.91 Å². The number of hydrogen-bond acceptors (Lipinski definition) is 7. The lowest BCUT2D eigenvalue weighted by Gasteiger charge is -2.21. The van der Waals surface area contributed by atoms with Gasteiger partial charge in [0.15, 0.2) is 4.80 Å². The van der Waals surface area contributed by atoms with Crippen molar-refractivity contribution in [3.05, 3.63) is 53.3 Å². The highest BCUT2D eigenvalue weighted by molar-refractivity contribution is 7.89. The van der Waals surface area contributed by atoms with Gasteiger partial charge in [0, 0.05) is 6.54 Å². The second-order valence-electron chi connectivity index (χ2n) is 7.41. The highest BCUT2D eigenvalue weighted by Crippen LogP contribution is 2.28. The molecule has 0 bridgehead atoms. The first kappa shape index (κ1) is 23.1.